The van der Waals surface area contributed by atoms with Crippen LogP contribution in [-0.2, 0) is 19.1 Å². The summed E-state index contributed by atoms with van der Waals surface area (Å²) in [4.78, 5) is 23.1. The Labute approximate surface area is 188 Å². The molecule has 9 atom stereocenters. The van der Waals surface area contributed by atoms with E-state index in [2.05, 4.69) is 32.9 Å². The first-order valence-electron chi connectivity index (χ1n) is 12.6. The Morgan fingerprint density at radius 3 is 2.45 bits per heavy atom. The van der Waals surface area contributed by atoms with E-state index in [0.717, 1.165) is 31.1 Å². The lowest BCUT2D eigenvalue weighted by Gasteiger charge is -2.59. The van der Waals surface area contributed by atoms with E-state index in [0.29, 0.717) is 40.9 Å². The Hall–Kier alpha value is -1.32. The van der Waals surface area contributed by atoms with Crippen molar-refractivity contribution in [3.8, 4) is 0 Å². The summed E-state index contributed by atoms with van der Waals surface area (Å²) in [6, 6.07) is 0. The van der Waals surface area contributed by atoms with Crippen molar-refractivity contribution in [3.63, 3.8) is 0 Å². The number of carbonyl (C=O) groups is 2. The quantitative estimate of drug-likeness (QED) is 0.400. The topological polar surface area (TPSA) is 52.6 Å². The maximum Gasteiger partial charge on any atom is 0.305 e. The van der Waals surface area contributed by atoms with Crippen LogP contribution in [0.3, 0.4) is 0 Å². The van der Waals surface area contributed by atoms with E-state index >= 15 is 0 Å². The van der Waals surface area contributed by atoms with Gasteiger partial charge in [0.1, 0.15) is 6.10 Å². The summed E-state index contributed by atoms with van der Waals surface area (Å²) in [7, 11) is 1.49. The maximum atomic E-state index is 11.7. The molecule has 0 spiro atoms. The highest BCUT2D eigenvalue weighted by Gasteiger charge is 2.59. The second-order valence-electron chi connectivity index (χ2n) is 11.6. The smallest absolute Gasteiger partial charge is 0.305 e. The third-order valence-electron chi connectivity index (χ3n) is 10.2. The van der Waals surface area contributed by atoms with Gasteiger partial charge in [-0.15, -0.1) is 0 Å². The largest absolute Gasteiger partial charge is 0.469 e. The Balaban J connectivity index is 1.49. The summed E-state index contributed by atoms with van der Waals surface area (Å²) in [5.41, 5.74) is 0.727. The van der Waals surface area contributed by atoms with Crippen LogP contribution in [0.1, 0.15) is 85.5 Å². The molecule has 3 fully saturated rings. The summed E-state index contributed by atoms with van der Waals surface area (Å²) in [6.07, 6.45) is 15.1. The first-order valence-corrected chi connectivity index (χ1v) is 12.6. The molecule has 3 saturated carbocycles. The van der Waals surface area contributed by atoms with Gasteiger partial charge in [-0.3, -0.25) is 9.59 Å². The fourth-order valence-electron chi connectivity index (χ4n) is 8.55. The van der Waals surface area contributed by atoms with Gasteiger partial charge < -0.3 is 9.47 Å². The normalized spacial score (nSPS) is 44.5. The van der Waals surface area contributed by atoms with Crippen molar-refractivity contribution in [1.82, 2.24) is 0 Å². The van der Waals surface area contributed by atoms with Crippen molar-refractivity contribution in [2.24, 2.45) is 46.3 Å². The summed E-state index contributed by atoms with van der Waals surface area (Å²) in [5.74, 6) is 3.80. The van der Waals surface area contributed by atoms with E-state index in [1.165, 1.54) is 46.1 Å². The lowest BCUT2D eigenvalue weighted by Crippen LogP contribution is -2.52. The molecule has 0 amide bonds. The molecule has 0 aliphatic heterocycles. The number of carbonyl (C=O) groups excluding carboxylic acids is 2. The van der Waals surface area contributed by atoms with Crippen LogP contribution in [0.5, 0.6) is 0 Å². The van der Waals surface area contributed by atoms with Crippen molar-refractivity contribution in [2.45, 2.75) is 91.6 Å². The van der Waals surface area contributed by atoms with Gasteiger partial charge in [0, 0.05) is 13.3 Å². The fraction of sp³-hybridized carbons (Fsp3) is 0.852. The molecule has 0 N–H and O–H groups in total. The molecule has 0 saturated heterocycles. The van der Waals surface area contributed by atoms with Crippen molar-refractivity contribution in [2.75, 3.05) is 7.11 Å². The molecule has 4 aliphatic carbocycles. The minimum atomic E-state index is -0.141. The van der Waals surface area contributed by atoms with Gasteiger partial charge in [0.05, 0.1) is 7.11 Å². The third kappa shape index (κ3) is 3.97. The Kier molecular flexibility index (Phi) is 6.31. The molecule has 0 radical (unpaired) electrons. The van der Waals surface area contributed by atoms with E-state index in [1.807, 2.05) is 0 Å². The molecule has 0 aromatic heterocycles. The molecule has 4 rings (SSSR count). The molecule has 31 heavy (non-hydrogen) atoms. The standard InChI is InChI=1S/C27H42O4/c1-17(6-11-25(29)30-5)22-9-10-23-21-8-7-19-16-20(31-18(2)28)12-14-26(19,3)24(21)13-15-27(22,23)4/h7-8,17,19-24H,6,9-16H2,1-5H3/t17-,19+,20+,21-,22-,23+,24-,26-,27+/m0/s1. The van der Waals surface area contributed by atoms with Crippen molar-refractivity contribution in [1.29, 1.82) is 0 Å². The molecule has 4 aliphatic rings. The average molecular weight is 431 g/mol. The zero-order valence-corrected chi connectivity index (χ0v) is 20.2. The molecular formula is C27H42O4. The summed E-state index contributed by atoms with van der Waals surface area (Å²) < 4.78 is 10.5. The first-order chi connectivity index (χ1) is 14.7. The molecule has 4 nitrogen and oxygen atoms in total. The van der Waals surface area contributed by atoms with Gasteiger partial charge in [-0.25, -0.2) is 0 Å². The van der Waals surface area contributed by atoms with Crippen LogP contribution in [0.25, 0.3) is 0 Å². The average Bonchev–Trinajstić information content (AvgIpc) is 3.09. The van der Waals surface area contributed by atoms with Crippen molar-refractivity contribution in [3.05, 3.63) is 12.2 Å². The number of rotatable bonds is 5. The summed E-state index contributed by atoms with van der Waals surface area (Å²) in [5, 5.41) is 0. The molecule has 4 heteroatoms. The molecule has 0 unspecified atom stereocenters. The lowest BCUT2D eigenvalue weighted by molar-refractivity contribution is -0.153. The summed E-state index contributed by atoms with van der Waals surface area (Å²) >= 11 is 0. The van der Waals surface area contributed by atoms with E-state index in [1.54, 1.807) is 0 Å². The van der Waals surface area contributed by atoms with E-state index in [4.69, 9.17) is 9.47 Å². The van der Waals surface area contributed by atoms with Gasteiger partial charge in [0.15, 0.2) is 0 Å². The van der Waals surface area contributed by atoms with Gasteiger partial charge in [0.25, 0.3) is 0 Å². The molecule has 0 bridgehead atoms. The van der Waals surface area contributed by atoms with Crippen LogP contribution in [0.15, 0.2) is 12.2 Å². The highest BCUT2D eigenvalue weighted by molar-refractivity contribution is 5.69. The number of hydrogen-bond acceptors (Lipinski definition) is 4. The molecule has 0 aromatic rings. The Morgan fingerprint density at radius 2 is 1.74 bits per heavy atom. The van der Waals surface area contributed by atoms with Gasteiger partial charge in [-0.05, 0) is 97.7 Å². The molecule has 174 valence electrons. The van der Waals surface area contributed by atoms with E-state index < -0.39 is 0 Å². The SMILES string of the molecule is COC(=O)CC[C@H](C)[C@@H]1CC[C@@H]2[C@@H]3C=C[C@@H]4C[C@H](OC(C)=O)CC[C@]4(C)[C@H]3CC[C@@]21C. The highest BCUT2D eigenvalue weighted by Crippen LogP contribution is 2.67. The zero-order valence-electron chi connectivity index (χ0n) is 20.2. The first kappa shape index (κ1) is 22.9. The zero-order chi connectivity index (χ0) is 22.4. The van der Waals surface area contributed by atoms with Gasteiger partial charge >= 0.3 is 11.9 Å². The predicted octanol–water partition coefficient (Wildman–Crippen LogP) is 5.94. The highest BCUT2D eigenvalue weighted by atomic mass is 16.5. The van der Waals surface area contributed by atoms with Gasteiger partial charge in [0.2, 0.25) is 0 Å². The van der Waals surface area contributed by atoms with Gasteiger partial charge in [-0.1, -0.05) is 32.9 Å². The monoisotopic (exact) mass is 430 g/mol. The molecule has 0 heterocycles. The van der Waals surface area contributed by atoms with Crippen LogP contribution in [0, 0.1) is 46.3 Å². The molecule has 0 aromatic carbocycles. The number of hydrogen-bond donors (Lipinski definition) is 0. The lowest BCUT2D eigenvalue weighted by atomic mass is 9.46. The summed E-state index contributed by atoms with van der Waals surface area (Å²) in [6.45, 7) is 8.97. The number of esters is 2. The van der Waals surface area contributed by atoms with Gasteiger partial charge in [-0.2, -0.15) is 0 Å². The predicted molar refractivity (Wildman–Crippen MR) is 121 cm³/mol. The maximum absolute atomic E-state index is 11.7. The fourth-order valence-corrected chi connectivity index (χ4v) is 8.55. The second kappa shape index (κ2) is 8.56. The van der Waals surface area contributed by atoms with Crippen LogP contribution in [0.2, 0.25) is 0 Å². The van der Waals surface area contributed by atoms with Crippen LogP contribution in [-0.4, -0.2) is 25.2 Å². The minimum absolute atomic E-state index is 0.0752. The number of methoxy groups -OCH3 is 1. The second-order valence-corrected chi connectivity index (χ2v) is 11.6. The van der Waals surface area contributed by atoms with Crippen molar-refractivity contribution < 1.29 is 19.1 Å². The Bertz CT molecular complexity index is 729. The van der Waals surface area contributed by atoms with Crippen molar-refractivity contribution >= 4 is 11.9 Å². The Morgan fingerprint density at radius 1 is 1.03 bits per heavy atom. The van der Waals surface area contributed by atoms with Crippen LogP contribution in [0.4, 0.5) is 0 Å². The number of fused-ring (bicyclic) bond motifs is 5. The number of ether oxygens (including phenoxy) is 2. The van der Waals surface area contributed by atoms with Crippen LogP contribution >= 0.6 is 0 Å². The number of allylic oxidation sites excluding steroid dienone is 2. The van der Waals surface area contributed by atoms with E-state index in [-0.39, 0.29) is 18.0 Å². The third-order valence-corrected chi connectivity index (χ3v) is 10.2. The van der Waals surface area contributed by atoms with E-state index in [9.17, 15) is 9.59 Å². The molecular weight excluding hydrogens is 388 g/mol. The minimum Gasteiger partial charge on any atom is -0.469 e. The van der Waals surface area contributed by atoms with Crippen LogP contribution < -0.4 is 0 Å².